The summed E-state index contributed by atoms with van der Waals surface area (Å²) in [5.41, 5.74) is 1.49. The van der Waals surface area contributed by atoms with Gasteiger partial charge in [-0.15, -0.1) is 11.3 Å². The summed E-state index contributed by atoms with van der Waals surface area (Å²) in [6.45, 7) is 20.3. The van der Waals surface area contributed by atoms with Crippen molar-refractivity contribution in [2.75, 3.05) is 6.54 Å². The van der Waals surface area contributed by atoms with E-state index in [1.807, 2.05) is 20.8 Å². The molecule has 6 aliphatic carbocycles. The highest BCUT2D eigenvalue weighted by molar-refractivity contribution is 7.11. The minimum atomic E-state index is -0.771. The van der Waals surface area contributed by atoms with Gasteiger partial charge in [-0.3, -0.25) is 24.0 Å². The molecule has 0 saturated heterocycles. The average molecular weight is 790 g/mol. The first-order valence-electron chi connectivity index (χ1n) is 21.7. The van der Waals surface area contributed by atoms with Crippen molar-refractivity contribution in [1.29, 1.82) is 0 Å². The van der Waals surface area contributed by atoms with Gasteiger partial charge in [0.25, 0.3) is 5.91 Å². The Labute approximate surface area is 338 Å². The second kappa shape index (κ2) is 14.4. The number of carboxylic acids is 1. The van der Waals surface area contributed by atoms with Gasteiger partial charge in [0.1, 0.15) is 5.78 Å². The Kier molecular flexibility index (Phi) is 10.6. The summed E-state index contributed by atoms with van der Waals surface area (Å²) < 4.78 is 0. The Morgan fingerprint density at radius 1 is 0.964 bits per heavy atom. The monoisotopic (exact) mass is 789 g/mol. The zero-order valence-electron chi connectivity index (χ0n) is 35.4. The summed E-state index contributed by atoms with van der Waals surface area (Å²) in [7, 11) is 0. The van der Waals surface area contributed by atoms with Gasteiger partial charge in [0.15, 0.2) is 10.8 Å². The summed E-state index contributed by atoms with van der Waals surface area (Å²) in [5, 5.41) is 17.8. The molecule has 11 unspecified atom stereocenters. The van der Waals surface area contributed by atoms with E-state index >= 15 is 0 Å². The number of nitrogens with one attached hydrogen (secondary N) is 2. The molecule has 11 atom stereocenters. The molecule has 56 heavy (non-hydrogen) atoms. The smallest absolute Gasteiger partial charge is 0.306 e. The van der Waals surface area contributed by atoms with E-state index in [1.54, 1.807) is 11.6 Å². The van der Waals surface area contributed by atoms with Crippen LogP contribution in [0.1, 0.15) is 149 Å². The van der Waals surface area contributed by atoms with Gasteiger partial charge in [-0.05, 0) is 135 Å². The second-order valence-electron chi connectivity index (χ2n) is 21.3. The molecule has 0 radical (unpaired) electrons. The van der Waals surface area contributed by atoms with Gasteiger partial charge in [0, 0.05) is 48.7 Å². The molecule has 10 heteroatoms. The number of hydrogen-bond donors (Lipinski definition) is 3. The molecule has 0 spiro atoms. The van der Waals surface area contributed by atoms with Crippen molar-refractivity contribution in [2.24, 2.45) is 74.9 Å². The van der Waals surface area contributed by atoms with Crippen molar-refractivity contribution in [3.05, 3.63) is 27.7 Å². The Balaban J connectivity index is 1.07. The number of Topliss-reactive ketones (excluding diaryl/α,β-unsaturated/α-hetero) is 2. The van der Waals surface area contributed by atoms with E-state index < -0.39 is 16.9 Å². The van der Waals surface area contributed by atoms with Crippen LogP contribution in [0.5, 0.6) is 0 Å². The van der Waals surface area contributed by atoms with Gasteiger partial charge in [0.2, 0.25) is 5.91 Å². The van der Waals surface area contributed by atoms with E-state index in [0.29, 0.717) is 60.3 Å². The van der Waals surface area contributed by atoms with E-state index in [9.17, 15) is 29.1 Å². The van der Waals surface area contributed by atoms with Gasteiger partial charge in [0.05, 0.1) is 11.5 Å². The van der Waals surface area contributed by atoms with Gasteiger partial charge < -0.3 is 15.7 Å². The van der Waals surface area contributed by atoms with Crippen LogP contribution in [-0.4, -0.2) is 51.5 Å². The number of carbonyl (C=O) groups excluding carboxylic acids is 4. The van der Waals surface area contributed by atoms with Crippen LogP contribution in [0.4, 0.5) is 0 Å². The van der Waals surface area contributed by atoms with Crippen molar-refractivity contribution in [3.63, 3.8) is 0 Å². The normalized spacial score (nSPS) is 38.8. The molecule has 3 N–H and O–H groups in total. The Hall–Kier alpha value is -2.88. The third kappa shape index (κ3) is 6.73. The Morgan fingerprint density at radius 2 is 1.68 bits per heavy atom. The molecule has 1 aromatic heterocycles. The average Bonchev–Trinajstić information content (AvgIpc) is 3.74. The highest BCUT2D eigenvalue weighted by atomic mass is 32.1. The maximum Gasteiger partial charge on any atom is 0.306 e. The van der Waals surface area contributed by atoms with Crippen molar-refractivity contribution in [3.8, 4) is 0 Å². The summed E-state index contributed by atoms with van der Waals surface area (Å²) >= 11 is 1.29. The lowest BCUT2D eigenvalue weighted by atomic mass is 9.35. The number of hydrogen-bond acceptors (Lipinski definition) is 7. The number of carbonyl (C=O) groups is 5. The molecular formula is C46H67N3O6S. The third-order valence-corrected chi connectivity index (χ3v) is 18.0. The maximum absolute atomic E-state index is 14.0. The van der Waals surface area contributed by atoms with E-state index in [-0.39, 0.29) is 69.8 Å². The first-order valence-corrected chi connectivity index (χ1v) is 22.5. The number of carboxylic acid groups (broad SMARTS) is 1. The number of allylic oxidation sites excluding steroid dienone is 2. The molecule has 5 fully saturated rings. The highest BCUT2D eigenvalue weighted by Gasteiger charge is 2.66. The summed E-state index contributed by atoms with van der Waals surface area (Å²) in [4.78, 5) is 70.0. The van der Waals surface area contributed by atoms with Crippen LogP contribution in [0.2, 0.25) is 0 Å². The van der Waals surface area contributed by atoms with Crippen molar-refractivity contribution in [2.45, 2.75) is 145 Å². The third-order valence-electron chi connectivity index (χ3n) is 17.2. The number of nitrogens with zero attached hydrogens (tertiary/aromatic N) is 1. The maximum atomic E-state index is 14.0. The molecule has 9 nitrogen and oxygen atoms in total. The lowest BCUT2D eigenvalue weighted by Crippen LogP contribution is -2.62. The predicted molar refractivity (Wildman–Crippen MR) is 218 cm³/mol. The number of aliphatic carboxylic acids is 1. The number of fused-ring (bicyclic) bond motifs is 7. The van der Waals surface area contributed by atoms with Gasteiger partial charge in [-0.2, -0.15) is 0 Å². The number of amides is 2. The largest absolute Gasteiger partial charge is 0.481 e. The molecule has 2 amide bonds. The fourth-order valence-electron chi connectivity index (χ4n) is 14.4. The quantitative estimate of drug-likeness (QED) is 0.204. The first-order chi connectivity index (χ1) is 26.1. The summed E-state index contributed by atoms with van der Waals surface area (Å²) in [5.74, 6) is 1.12. The Morgan fingerprint density at radius 3 is 2.32 bits per heavy atom. The van der Waals surface area contributed by atoms with Crippen LogP contribution in [0.15, 0.2) is 22.7 Å². The van der Waals surface area contributed by atoms with Crippen LogP contribution in [-0.2, 0) is 19.2 Å². The summed E-state index contributed by atoms with van der Waals surface area (Å²) in [6.07, 6.45) is 11.9. The Bertz CT molecular complexity index is 1800. The molecule has 1 aromatic rings. The van der Waals surface area contributed by atoms with Crippen molar-refractivity contribution >= 4 is 40.7 Å². The lowest BCUT2D eigenvalue weighted by molar-refractivity contribution is -0.193. The predicted octanol–water partition coefficient (Wildman–Crippen LogP) is 8.68. The molecule has 1 heterocycles. The topological polar surface area (TPSA) is 143 Å². The molecule has 5 saturated carbocycles. The minimum Gasteiger partial charge on any atom is -0.481 e. The van der Waals surface area contributed by atoms with Crippen LogP contribution in [0.25, 0.3) is 0 Å². The number of ketones is 2. The molecule has 0 bridgehead atoms. The first kappa shape index (κ1) is 41.3. The number of rotatable bonds is 11. The lowest BCUT2D eigenvalue weighted by Gasteiger charge is -2.69. The molecule has 7 rings (SSSR count). The molecular weight excluding hydrogens is 723 g/mol. The zero-order chi connectivity index (χ0) is 40.7. The van der Waals surface area contributed by atoms with Crippen LogP contribution in [0.3, 0.4) is 0 Å². The van der Waals surface area contributed by atoms with E-state index in [4.69, 9.17) is 0 Å². The van der Waals surface area contributed by atoms with Gasteiger partial charge in [-0.1, -0.05) is 54.0 Å². The number of thiazole rings is 1. The standard InChI is InChI=1S/C46H67N3O6S/c1-25(2)37-33(51)22-46(23-36(52)48-24-42(4,5)49-39(53)40-47-18-19-56-40)17-13-31-28(38(37)46)10-11-35-44(31,8)16-14-34-43(6,7)27(12-15-45(34,35)9)20-32(50)29-21-30(26(29)3)41(54)55/h18-19,25-31,34-35H,10-17,20-24H2,1-9H3,(H,48,52)(H,49,53)(H,54,55). The molecule has 6 aliphatic rings. The highest BCUT2D eigenvalue weighted by Crippen LogP contribution is 2.74. The molecule has 0 aliphatic heterocycles. The SMILES string of the molecule is CC(C)C1=C2C3CCC4C(C)(CCC5C(C)(C)C(CC(=O)C6CC(C(=O)O)C6C)CCC54C)C3CCC2(CC(=O)NCC(C)(C)NC(=O)c2nccs2)CC1=O. The van der Waals surface area contributed by atoms with Crippen LogP contribution >= 0.6 is 11.3 Å². The zero-order valence-corrected chi connectivity index (χ0v) is 36.2. The van der Waals surface area contributed by atoms with Crippen LogP contribution < -0.4 is 10.6 Å². The second-order valence-corrected chi connectivity index (χ2v) is 22.2. The van der Waals surface area contributed by atoms with Gasteiger partial charge in [-0.25, -0.2) is 4.98 Å². The van der Waals surface area contributed by atoms with E-state index in [1.165, 1.54) is 16.9 Å². The fraction of sp³-hybridized carbons (Fsp3) is 0.783. The van der Waals surface area contributed by atoms with Crippen molar-refractivity contribution < 1.29 is 29.1 Å². The molecule has 0 aromatic carbocycles. The van der Waals surface area contributed by atoms with E-state index in [0.717, 1.165) is 56.9 Å². The summed E-state index contributed by atoms with van der Waals surface area (Å²) in [6, 6.07) is 0. The van der Waals surface area contributed by atoms with E-state index in [2.05, 4.69) is 57.2 Å². The number of aromatic nitrogens is 1. The van der Waals surface area contributed by atoms with Crippen molar-refractivity contribution in [1.82, 2.24) is 15.6 Å². The minimum absolute atomic E-state index is 0.0124. The molecule has 308 valence electrons. The van der Waals surface area contributed by atoms with Crippen LogP contribution in [0, 0.1) is 74.9 Å². The van der Waals surface area contributed by atoms with Gasteiger partial charge >= 0.3 is 5.97 Å². The fourth-order valence-corrected chi connectivity index (χ4v) is 15.0.